The number of amides is 2. The summed E-state index contributed by atoms with van der Waals surface area (Å²) in [6.45, 7) is 4.30. The third-order valence-electron chi connectivity index (χ3n) is 4.55. The maximum absolute atomic E-state index is 12.6. The number of rotatable bonds is 7. The summed E-state index contributed by atoms with van der Waals surface area (Å²) in [6.07, 6.45) is 0. The number of aromatic nitrogens is 2. The summed E-state index contributed by atoms with van der Waals surface area (Å²) in [5.74, 6) is 0.188. The molecule has 0 aliphatic carbocycles. The molecular weight excluding hydrogens is 368 g/mol. The number of carbonyl (C=O) groups is 2. The molecule has 0 aliphatic rings. The van der Waals surface area contributed by atoms with Crippen LogP contribution >= 0.6 is 0 Å². The average Bonchev–Trinajstić information content (AvgIpc) is 3.05. The van der Waals surface area contributed by atoms with Crippen LogP contribution in [0.15, 0.2) is 54.6 Å². The quantitative estimate of drug-likeness (QED) is 0.606. The second-order valence-corrected chi connectivity index (χ2v) is 6.54. The lowest BCUT2D eigenvalue weighted by Gasteiger charge is -2.09. The number of methoxy groups -OCH3 is 1. The van der Waals surface area contributed by atoms with Gasteiger partial charge in [-0.15, -0.1) is 0 Å². The highest BCUT2D eigenvalue weighted by molar-refractivity contribution is 5.97. The SMILES string of the molecule is COc1cccc(C(=O)NCCNC(=O)c2c(C)nn(-c3ccccc3)c2C)c1. The number of hydrogen-bond acceptors (Lipinski definition) is 4. The van der Waals surface area contributed by atoms with Crippen LogP contribution in [0.5, 0.6) is 5.75 Å². The fraction of sp³-hybridized carbons (Fsp3) is 0.227. The number of aryl methyl sites for hydroxylation is 1. The molecule has 0 unspecified atom stereocenters. The van der Waals surface area contributed by atoms with E-state index in [1.807, 2.05) is 44.2 Å². The van der Waals surface area contributed by atoms with Gasteiger partial charge in [-0.1, -0.05) is 24.3 Å². The van der Waals surface area contributed by atoms with E-state index in [-0.39, 0.29) is 11.8 Å². The smallest absolute Gasteiger partial charge is 0.255 e. The number of nitrogens with zero attached hydrogens (tertiary/aromatic N) is 2. The number of ether oxygens (including phenoxy) is 1. The third kappa shape index (κ3) is 4.63. The second-order valence-electron chi connectivity index (χ2n) is 6.54. The molecule has 1 aromatic heterocycles. The van der Waals surface area contributed by atoms with Gasteiger partial charge in [-0.05, 0) is 44.2 Å². The molecular formula is C22H24N4O3. The van der Waals surface area contributed by atoms with E-state index in [4.69, 9.17) is 4.74 Å². The topological polar surface area (TPSA) is 85.2 Å². The van der Waals surface area contributed by atoms with Crippen LogP contribution < -0.4 is 15.4 Å². The van der Waals surface area contributed by atoms with Crippen LogP contribution in [0, 0.1) is 13.8 Å². The molecule has 3 aromatic rings. The van der Waals surface area contributed by atoms with Gasteiger partial charge in [-0.2, -0.15) is 5.10 Å². The highest BCUT2D eigenvalue weighted by Gasteiger charge is 2.19. The van der Waals surface area contributed by atoms with Crippen molar-refractivity contribution in [2.45, 2.75) is 13.8 Å². The molecule has 0 bridgehead atoms. The molecule has 0 radical (unpaired) electrons. The highest BCUT2D eigenvalue weighted by atomic mass is 16.5. The lowest BCUT2D eigenvalue weighted by atomic mass is 10.2. The summed E-state index contributed by atoms with van der Waals surface area (Å²) < 4.78 is 6.88. The van der Waals surface area contributed by atoms with Gasteiger partial charge < -0.3 is 15.4 Å². The van der Waals surface area contributed by atoms with E-state index in [1.165, 1.54) is 0 Å². The number of carbonyl (C=O) groups excluding carboxylic acids is 2. The molecule has 2 aromatic carbocycles. The van der Waals surface area contributed by atoms with Crippen molar-refractivity contribution >= 4 is 11.8 Å². The van der Waals surface area contributed by atoms with Gasteiger partial charge in [0, 0.05) is 18.7 Å². The van der Waals surface area contributed by atoms with Crippen molar-refractivity contribution < 1.29 is 14.3 Å². The van der Waals surface area contributed by atoms with Crippen molar-refractivity contribution in [3.05, 3.63) is 77.1 Å². The highest BCUT2D eigenvalue weighted by Crippen LogP contribution is 2.17. The summed E-state index contributed by atoms with van der Waals surface area (Å²) in [5.41, 5.74) is 3.38. The average molecular weight is 392 g/mol. The zero-order chi connectivity index (χ0) is 20.8. The van der Waals surface area contributed by atoms with Crippen molar-refractivity contribution in [2.24, 2.45) is 0 Å². The summed E-state index contributed by atoms with van der Waals surface area (Å²) in [6, 6.07) is 16.6. The van der Waals surface area contributed by atoms with Crippen molar-refractivity contribution in [1.29, 1.82) is 0 Å². The zero-order valence-corrected chi connectivity index (χ0v) is 16.7. The molecule has 0 fully saturated rings. The molecule has 3 rings (SSSR count). The number of nitrogens with one attached hydrogen (secondary N) is 2. The minimum absolute atomic E-state index is 0.210. The summed E-state index contributed by atoms with van der Waals surface area (Å²) >= 11 is 0. The number of hydrogen-bond donors (Lipinski definition) is 2. The number of benzene rings is 2. The number of para-hydroxylation sites is 1. The molecule has 0 saturated carbocycles. The molecule has 1 heterocycles. The standard InChI is InChI=1S/C22H24N4O3/c1-15-20(16(2)26(25-15)18-9-5-4-6-10-18)22(28)24-13-12-23-21(27)17-8-7-11-19(14-17)29-3/h4-11,14H,12-13H2,1-3H3,(H,23,27)(H,24,28). The lowest BCUT2D eigenvalue weighted by molar-refractivity contribution is 0.0927. The third-order valence-corrected chi connectivity index (χ3v) is 4.55. The van der Waals surface area contributed by atoms with E-state index in [0.717, 1.165) is 11.4 Å². The van der Waals surface area contributed by atoms with Gasteiger partial charge in [0.1, 0.15) is 5.75 Å². The Morgan fingerprint density at radius 1 is 0.966 bits per heavy atom. The van der Waals surface area contributed by atoms with Crippen molar-refractivity contribution in [3.63, 3.8) is 0 Å². The van der Waals surface area contributed by atoms with Gasteiger partial charge in [-0.25, -0.2) is 4.68 Å². The Labute approximate surface area is 169 Å². The first kappa shape index (κ1) is 20.1. The first-order valence-electron chi connectivity index (χ1n) is 9.33. The van der Waals surface area contributed by atoms with E-state index in [1.54, 1.807) is 36.1 Å². The normalized spacial score (nSPS) is 10.4. The fourth-order valence-corrected chi connectivity index (χ4v) is 3.10. The maximum Gasteiger partial charge on any atom is 0.255 e. The zero-order valence-electron chi connectivity index (χ0n) is 16.7. The Kier molecular flexibility index (Phi) is 6.29. The molecule has 0 spiro atoms. The van der Waals surface area contributed by atoms with Crippen molar-refractivity contribution in [1.82, 2.24) is 20.4 Å². The monoisotopic (exact) mass is 392 g/mol. The van der Waals surface area contributed by atoms with Crippen LogP contribution in [-0.4, -0.2) is 41.8 Å². The molecule has 150 valence electrons. The van der Waals surface area contributed by atoms with Crippen molar-refractivity contribution in [3.8, 4) is 11.4 Å². The minimum atomic E-state index is -0.220. The molecule has 2 amide bonds. The van der Waals surface area contributed by atoms with Crippen LogP contribution in [0.2, 0.25) is 0 Å². The summed E-state index contributed by atoms with van der Waals surface area (Å²) in [4.78, 5) is 24.8. The lowest BCUT2D eigenvalue weighted by Crippen LogP contribution is -2.35. The predicted molar refractivity (Wildman–Crippen MR) is 111 cm³/mol. The van der Waals surface area contributed by atoms with Gasteiger partial charge in [0.15, 0.2) is 0 Å². The Balaban J connectivity index is 1.57. The largest absolute Gasteiger partial charge is 0.497 e. The summed E-state index contributed by atoms with van der Waals surface area (Å²) in [5, 5.41) is 10.1. The first-order valence-corrected chi connectivity index (χ1v) is 9.33. The van der Waals surface area contributed by atoms with Crippen LogP contribution in [0.4, 0.5) is 0 Å². The second kappa shape index (κ2) is 9.05. The predicted octanol–water partition coefficient (Wildman–Crippen LogP) is 2.66. The molecule has 0 saturated heterocycles. The molecule has 29 heavy (non-hydrogen) atoms. The van der Waals surface area contributed by atoms with Crippen LogP contribution in [-0.2, 0) is 0 Å². The molecule has 7 nitrogen and oxygen atoms in total. The van der Waals surface area contributed by atoms with Gasteiger partial charge in [-0.3, -0.25) is 9.59 Å². The molecule has 2 N–H and O–H groups in total. The van der Waals surface area contributed by atoms with Gasteiger partial charge in [0.05, 0.1) is 29.7 Å². The van der Waals surface area contributed by atoms with Gasteiger partial charge in [0.2, 0.25) is 0 Å². The van der Waals surface area contributed by atoms with E-state index in [9.17, 15) is 9.59 Å². The fourth-order valence-electron chi connectivity index (χ4n) is 3.10. The summed E-state index contributed by atoms with van der Waals surface area (Å²) in [7, 11) is 1.55. The van der Waals surface area contributed by atoms with E-state index in [0.29, 0.717) is 35.7 Å². The Morgan fingerprint density at radius 2 is 1.66 bits per heavy atom. The van der Waals surface area contributed by atoms with Crippen LogP contribution in [0.3, 0.4) is 0 Å². The minimum Gasteiger partial charge on any atom is -0.497 e. The van der Waals surface area contributed by atoms with Gasteiger partial charge >= 0.3 is 0 Å². The Hall–Kier alpha value is -3.61. The molecule has 7 heteroatoms. The van der Waals surface area contributed by atoms with E-state index in [2.05, 4.69) is 15.7 Å². The maximum atomic E-state index is 12.6. The Morgan fingerprint density at radius 3 is 2.34 bits per heavy atom. The van der Waals surface area contributed by atoms with Crippen LogP contribution in [0.25, 0.3) is 5.69 Å². The van der Waals surface area contributed by atoms with Crippen LogP contribution in [0.1, 0.15) is 32.1 Å². The van der Waals surface area contributed by atoms with E-state index < -0.39 is 0 Å². The van der Waals surface area contributed by atoms with Gasteiger partial charge in [0.25, 0.3) is 11.8 Å². The molecule has 0 atom stereocenters. The molecule has 0 aliphatic heterocycles. The Bertz CT molecular complexity index is 1010. The van der Waals surface area contributed by atoms with E-state index >= 15 is 0 Å². The van der Waals surface area contributed by atoms with Crippen molar-refractivity contribution in [2.75, 3.05) is 20.2 Å². The first-order chi connectivity index (χ1) is 14.0.